The highest BCUT2D eigenvalue weighted by atomic mass is 31.0. The zero-order valence-corrected chi connectivity index (χ0v) is 20.3. The van der Waals surface area contributed by atoms with Crippen LogP contribution in [-0.2, 0) is 7.05 Å². The number of rotatable bonds is 2. The van der Waals surface area contributed by atoms with Gasteiger partial charge in [0.25, 0.3) is 0 Å². The Morgan fingerprint density at radius 1 is 1.30 bits per heavy atom. The lowest BCUT2D eigenvalue weighted by Crippen LogP contribution is -2.18. The minimum Gasteiger partial charge on any atom is -0.490 e. The van der Waals surface area contributed by atoms with Crippen molar-refractivity contribution in [3.63, 3.8) is 0 Å². The van der Waals surface area contributed by atoms with Gasteiger partial charge in [-0.2, -0.15) is 14.2 Å². The molecule has 0 fully saturated rings. The predicted molar refractivity (Wildman–Crippen MR) is 134 cm³/mol. The second kappa shape index (κ2) is 11.1. The van der Waals surface area contributed by atoms with Gasteiger partial charge < -0.3 is 20.2 Å². The number of nitrogens with one attached hydrogen (secondary N) is 2. The van der Waals surface area contributed by atoms with Crippen molar-refractivity contribution in [2.45, 2.75) is 33.3 Å². The number of aryl methyl sites for hydroxylation is 1. The van der Waals surface area contributed by atoms with E-state index in [0.29, 0.717) is 47.8 Å². The van der Waals surface area contributed by atoms with Gasteiger partial charge in [0.1, 0.15) is 22.9 Å². The number of nitrogens with zero attached hydrogens (tertiary/aromatic N) is 5. The Kier molecular flexibility index (Phi) is 8.17. The summed E-state index contributed by atoms with van der Waals surface area (Å²) in [7, 11) is 8.16. The maximum atomic E-state index is 8.10. The topological polar surface area (TPSA) is 111 Å². The Hall–Kier alpha value is -3.26. The maximum Gasteiger partial charge on any atom is 0.222 e. The van der Waals surface area contributed by atoms with Crippen LogP contribution in [0.3, 0.4) is 0 Å². The van der Waals surface area contributed by atoms with Gasteiger partial charge in [-0.15, -0.1) is 0 Å². The summed E-state index contributed by atoms with van der Waals surface area (Å²) in [5.74, 6) is 2.95. The molecule has 4 heterocycles. The molecular weight excluding hydrogens is 436 g/mol. The molecule has 170 valence electrons. The zero-order chi connectivity index (χ0) is 24.0. The van der Waals surface area contributed by atoms with E-state index in [-0.39, 0.29) is 6.10 Å². The molecule has 1 unspecified atom stereocenters. The van der Waals surface area contributed by atoms with E-state index in [1.807, 2.05) is 42.2 Å². The van der Waals surface area contributed by atoms with E-state index < -0.39 is 0 Å². The summed E-state index contributed by atoms with van der Waals surface area (Å²) in [6, 6.07) is 3.60. The smallest absolute Gasteiger partial charge is 0.222 e. The molecule has 3 aromatic heterocycles. The van der Waals surface area contributed by atoms with Gasteiger partial charge in [0.2, 0.25) is 5.88 Å². The molecule has 0 spiro atoms. The molecule has 3 aromatic rings. The van der Waals surface area contributed by atoms with Crippen molar-refractivity contribution in [2.75, 3.05) is 11.9 Å². The van der Waals surface area contributed by atoms with Gasteiger partial charge in [-0.3, -0.25) is 0 Å². The number of hydrogen-bond acceptors (Lipinski definition) is 8. The molecule has 2 atom stereocenters. The molecule has 1 aliphatic heterocycles. The number of allylic oxidation sites excluding steroid dienone is 2. The minimum atomic E-state index is -0.119. The first-order valence-corrected chi connectivity index (χ1v) is 11.1. The van der Waals surface area contributed by atoms with Crippen LogP contribution in [-0.4, -0.2) is 50.7 Å². The van der Waals surface area contributed by atoms with Crippen LogP contribution in [0.2, 0.25) is 0 Å². The Morgan fingerprint density at radius 3 is 2.82 bits per heavy atom. The second-order valence-corrected chi connectivity index (χ2v) is 7.34. The van der Waals surface area contributed by atoms with Crippen LogP contribution < -0.4 is 14.8 Å². The highest BCUT2D eigenvalue weighted by molar-refractivity contribution is 7.49. The summed E-state index contributed by atoms with van der Waals surface area (Å²) in [5, 5.41) is 15.6. The lowest BCUT2D eigenvalue weighted by Gasteiger charge is -2.20. The third-order valence-corrected chi connectivity index (χ3v) is 4.98. The highest BCUT2D eigenvalue weighted by Crippen LogP contribution is 2.32. The quantitative estimate of drug-likeness (QED) is 0.336. The normalized spacial score (nSPS) is 15.4. The van der Waals surface area contributed by atoms with Crippen molar-refractivity contribution in [2.24, 2.45) is 7.05 Å². The van der Waals surface area contributed by atoms with Crippen LogP contribution in [0.15, 0.2) is 36.8 Å². The largest absolute Gasteiger partial charge is 0.490 e. The number of hydrogen-bond donors (Lipinski definition) is 2. The molecule has 9 nitrogen and oxygen atoms in total. The van der Waals surface area contributed by atoms with Gasteiger partial charge >= 0.3 is 0 Å². The molecule has 0 aliphatic carbocycles. The van der Waals surface area contributed by atoms with Crippen LogP contribution in [0.25, 0.3) is 17.0 Å². The lowest BCUT2D eigenvalue weighted by molar-refractivity contribution is 0.172. The van der Waals surface area contributed by atoms with Crippen molar-refractivity contribution in [1.29, 1.82) is 5.41 Å². The molecule has 4 rings (SSSR count). The van der Waals surface area contributed by atoms with Gasteiger partial charge in [0, 0.05) is 48.8 Å². The van der Waals surface area contributed by atoms with Gasteiger partial charge in [0.15, 0.2) is 5.82 Å². The van der Waals surface area contributed by atoms with E-state index in [0.717, 1.165) is 16.7 Å². The molecule has 33 heavy (non-hydrogen) atoms. The number of aromatic nitrogens is 5. The van der Waals surface area contributed by atoms with Gasteiger partial charge in [-0.05, 0) is 26.8 Å². The molecular formula is C22H27BN7O2P. The van der Waals surface area contributed by atoms with Crippen molar-refractivity contribution in [3.8, 4) is 23.0 Å². The first kappa shape index (κ1) is 24.4. The van der Waals surface area contributed by atoms with Crippen molar-refractivity contribution < 1.29 is 9.47 Å². The summed E-state index contributed by atoms with van der Waals surface area (Å²) in [5.41, 5.74) is 2.73. The molecule has 2 N–H and O–H groups in total. The molecule has 2 radical (unpaired) electrons. The fourth-order valence-electron chi connectivity index (χ4n) is 3.42. The minimum absolute atomic E-state index is 0.119. The van der Waals surface area contributed by atoms with Crippen molar-refractivity contribution in [1.82, 2.24) is 24.7 Å². The average Bonchev–Trinajstić information content (AvgIpc) is 3.17. The number of pyridine rings is 1. The number of ether oxygens (including phenoxy) is 2. The Bertz CT molecular complexity index is 1170. The lowest BCUT2D eigenvalue weighted by atomic mass is 10.0. The third kappa shape index (κ3) is 5.57. The van der Waals surface area contributed by atoms with Crippen LogP contribution in [0.4, 0.5) is 11.6 Å². The fraction of sp³-hybridized carbons (Fsp3) is 0.318. The average molecular weight is 463 g/mol. The maximum absolute atomic E-state index is 8.10. The SMILES string of the molecule is C/C=C(\C(C)=N)c1cnc2cc1O[C@@H](C)CCOc1c(cnn1C)-c1nccc(n1)N2.[B]P. The third-order valence-electron chi connectivity index (χ3n) is 4.98. The van der Waals surface area contributed by atoms with Gasteiger partial charge in [-0.1, -0.05) is 6.08 Å². The second-order valence-electron chi connectivity index (χ2n) is 7.34. The molecule has 0 aromatic carbocycles. The summed E-state index contributed by atoms with van der Waals surface area (Å²) >= 11 is 0. The molecule has 1 aliphatic rings. The summed E-state index contributed by atoms with van der Waals surface area (Å²) < 4.78 is 14.0. The van der Waals surface area contributed by atoms with E-state index in [9.17, 15) is 0 Å². The monoisotopic (exact) mass is 463 g/mol. The zero-order valence-electron chi connectivity index (χ0n) is 19.2. The van der Waals surface area contributed by atoms with E-state index in [1.165, 1.54) is 0 Å². The molecule has 0 amide bonds. The molecule has 11 heteroatoms. The Balaban J connectivity index is 0.00000149. The summed E-state index contributed by atoms with van der Waals surface area (Å²) in [6.45, 7) is 6.09. The number of anilines is 2. The van der Waals surface area contributed by atoms with Crippen LogP contribution >= 0.6 is 9.12 Å². The summed E-state index contributed by atoms with van der Waals surface area (Å²) in [6.07, 6.45) is 7.53. The van der Waals surface area contributed by atoms with Crippen molar-refractivity contribution >= 4 is 39.6 Å². The van der Waals surface area contributed by atoms with E-state index in [2.05, 4.69) is 32.9 Å². The standard InChI is InChI=1S/C22H25N7O2.BH2P/c1-5-15(14(3)23)16-11-25-20-10-18(16)31-13(2)7-9-30-22-17(12-26-29(22)4)21-24-8-6-19(27-20)28-21;1-2/h5-6,8,10-13,23H,7,9H2,1-4H3,(H,24,25,27,28);2H2/b15-5+,23-14?;/t13-;/m0./s1. The van der Waals surface area contributed by atoms with Crippen LogP contribution in [0, 0.1) is 5.41 Å². The first-order chi connectivity index (χ1) is 16.0. The highest BCUT2D eigenvalue weighted by Gasteiger charge is 2.19. The van der Waals surface area contributed by atoms with E-state index >= 15 is 0 Å². The Morgan fingerprint density at radius 2 is 2.09 bits per heavy atom. The van der Waals surface area contributed by atoms with Crippen molar-refractivity contribution in [3.05, 3.63) is 42.4 Å². The molecule has 4 bridgehead atoms. The van der Waals surface area contributed by atoms with Crippen LogP contribution in [0.5, 0.6) is 11.6 Å². The first-order valence-electron chi connectivity index (χ1n) is 10.4. The van der Waals surface area contributed by atoms with Gasteiger partial charge in [0.05, 0.1) is 26.5 Å². The van der Waals surface area contributed by atoms with E-state index in [1.54, 1.807) is 36.3 Å². The molecule has 0 saturated carbocycles. The van der Waals surface area contributed by atoms with E-state index in [4.69, 9.17) is 14.9 Å². The molecule has 0 saturated heterocycles. The summed E-state index contributed by atoms with van der Waals surface area (Å²) in [4.78, 5) is 13.5. The van der Waals surface area contributed by atoms with Gasteiger partial charge in [-0.25, -0.2) is 19.6 Å². The predicted octanol–water partition coefficient (Wildman–Crippen LogP) is 3.95. The number of fused-ring (bicyclic) bond motifs is 6. The fourth-order valence-corrected chi connectivity index (χ4v) is 3.42. The van der Waals surface area contributed by atoms with Crippen LogP contribution in [0.1, 0.15) is 32.8 Å². The Labute approximate surface area is 197 Å².